The van der Waals surface area contributed by atoms with Gasteiger partial charge in [0, 0.05) is 6.04 Å². The van der Waals surface area contributed by atoms with E-state index in [-0.39, 0.29) is 11.9 Å². The van der Waals surface area contributed by atoms with Crippen molar-refractivity contribution in [1.82, 2.24) is 0 Å². The van der Waals surface area contributed by atoms with Crippen LogP contribution in [0.2, 0.25) is 0 Å². The number of ether oxygens (including phenoxy) is 2. The average Bonchev–Trinajstić information content (AvgIpc) is 2.47. The molecule has 0 saturated heterocycles. The summed E-state index contributed by atoms with van der Waals surface area (Å²) in [5, 5.41) is 0. The summed E-state index contributed by atoms with van der Waals surface area (Å²) in [5.74, 6) is 1.11. The fraction of sp³-hybridized carbons (Fsp3) is 0.250. The van der Waals surface area contributed by atoms with Crippen LogP contribution in [0.5, 0.6) is 11.5 Å². The van der Waals surface area contributed by atoms with E-state index in [1.54, 1.807) is 26.4 Å². The number of hydrogen-bond donors (Lipinski definition) is 1. The van der Waals surface area contributed by atoms with Crippen LogP contribution < -0.4 is 15.2 Å². The molecule has 2 N–H and O–H groups in total. The van der Waals surface area contributed by atoms with Crippen LogP contribution in [0.4, 0.5) is 4.39 Å². The first-order valence-corrected chi connectivity index (χ1v) is 6.36. The molecule has 0 spiro atoms. The first kappa shape index (κ1) is 14.3. The topological polar surface area (TPSA) is 44.5 Å². The van der Waals surface area contributed by atoms with Crippen LogP contribution in [0.3, 0.4) is 0 Å². The van der Waals surface area contributed by atoms with Gasteiger partial charge in [0.25, 0.3) is 0 Å². The van der Waals surface area contributed by atoms with Crippen molar-refractivity contribution in [2.24, 2.45) is 5.73 Å². The number of methoxy groups -OCH3 is 2. The van der Waals surface area contributed by atoms with Crippen molar-refractivity contribution in [2.45, 2.75) is 12.5 Å². The van der Waals surface area contributed by atoms with Crippen LogP contribution in [-0.2, 0) is 6.42 Å². The lowest BCUT2D eigenvalue weighted by Gasteiger charge is -2.14. The standard InChI is InChI=1S/C16H18FNO2/c1-19-15-8-3-11(10-16(15)20-2)9-14(18)12-4-6-13(17)7-5-12/h3-8,10,14H,9,18H2,1-2H3. The Morgan fingerprint density at radius 2 is 1.65 bits per heavy atom. The maximum atomic E-state index is 12.9. The summed E-state index contributed by atoms with van der Waals surface area (Å²) in [6.07, 6.45) is 0.645. The van der Waals surface area contributed by atoms with Crippen molar-refractivity contribution in [3.05, 3.63) is 59.4 Å². The minimum atomic E-state index is -0.257. The Kier molecular flexibility index (Phi) is 4.58. The number of benzene rings is 2. The van der Waals surface area contributed by atoms with E-state index < -0.39 is 0 Å². The molecule has 106 valence electrons. The van der Waals surface area contributed by atoms with E-state index in [4.69, 9.17) is 15.2 Å². The van der Waals surface area contributed by atoms with Crippen molar-refractivity contribution in [3.63, 3.8) is 0 Å². The summed E-state index contributed by atoms with van der Waals surface area (Å²) < 4.78 is 23.3. The zero-order valence-electron chi connectivity index (χ0n) is 11.6. The maximum Gasteiger partial charge on any atom is 0.160 e. The molecule has 0 bridgehead atoms. The van der Waals surface area contributed by atoms with Gasteiger partial charge in [0.15, 0.2) is 11.5 Å². The Morgan fingerprint density at radius 1 is 1.00 bits per heavy atom. The maximum absolute atomic E-state index is 12.9. The van der Waals surface area contributed by atoms with Crippen LogP contribution in [0.15, 0.2) is 42.5 Å². The first-order chi connectivity index (χ1) is 9.63. The third-order valence-corrected chi connectivity index (χ3v) is 3.20. The summed E-state index contributed by atoms with van der Waals surface area (Å²) in [6, 6.07) is 11.8. The lowest BCUT2D eigenvalue weighted by Crippen LogP contribution is -2.13. The van der Waals surface area contributed by atoms with Crippen LogP contribution in [0.1, 0.15) is 17.2 Å². The minimum Gasteiger partial charge on any atom is -0.493 e. The van der Waals surface area contributed by atoms with Gasteiger partial charge in [0.1, 0.15) is 5.82 Å². The Bertz CT molecular complexity index is 569. The molecule has 0 aliphatic carbocycles. The highest BCUT2D eigenvalue weighted by atomic mass is 19.1. The minimum absolute atomic E-state index is 0.186. The molecule has 0 amide bonds. The molecule has 0 fully saturated rings. The molecule has 1 atom stereocenters. The third-order valence-electron chi connectivity index (χ3n) is 3.20. The van der Waals surface area contributed by atoms with Crippen LogP contribution >= 0.6 is 0 Å². The predicted molar refractivity (Wildman–Crippen MR) is 76.6 cm³/mol. The quantitative estimate of drug-likeness (QED) is 0.912. The number of rotatable bonds is 5. The average molecular weight is 275 g/mol. The molecule has 0 aromatic heterocycles. The highest BCUT2D eigenvalue weighted by Crippen LogP contribution is 2.29. The van der Waals surface area contributed by atoms with E-state index in [0.717, 1.165) is 11.1 Å². The lowest BCUT2D eigenvalue weighted by atomic mass is 9.99. The van der Waals surface area contributed by atoms with E-state index in [9.17, 15) is 4.39 Å². The van der Waals surface area contributed by atoms with Crippen LogP contribution in [0, 0.1) is 5.82 Å². The molecule has 2 rings (SSSR count). The van der Waals surface area contributed by atoms with Crippen LogP contribution in [-0.4, -0.2) is 14.2 Å². The van der Waals surface area contributed by atoms with Gasteiger partial charge < -0.3 is 15.2 Å². The largest absolute Gasteiger partial charge is 0.493 e. The third kappa shape index (κ3) is 3.27. The van der Waals surface area contributed by atoms with Crippen molar-refractivity contribution < 1.29 is 13.9 Å². The Hall–Kier alpha value is -2.07. The molecule has 3 nitrogen and oxygen atoms in total. The van der Waals surface area contributed by atoms with Gasteiger partial charge in [0.05, 0.1) is 14.2 Å². The fourth-order valence-electron chi connectivity index (χ4n) is 2.09. The lowest BCUT2D eigenvalue weighted by molar-refractivity contribution is 0.354. The van der Waals surface area contributed by atoms with Gasteiger partial charge in [-0.25, -0.2) is 4.39 Å². The Morgan fingerprint density at radius 3 is 2.25 bits per heavy atom. The summed E-state index contributed by atoms with van der Waals surface area (Å²) >= 11 is 0. The van der Waals surface area contributed by atoms with Crippen LogP contribution in [0.25, 0.3) is 0 Å². The van der Waals surface area contributed by atoms with Crippen molar-refractivity contribution in [1.29, 1.82) is 0 Å². The molecule has 2 aromatic carbocycles. The molecule has 0 heterocycles. The summed E-state index contributed by atoms with van der Waals surface area (Å²) in [4.78, 5) is 0. The van der Waals surface area contributed by atoms with Crippen molar-refractivity contribution >= 4 is 0 Å². The first-order valence-electron chi connectivity index (χ1n) is 6.36. The molecule has 0 radical (unpaired) electrons. The second-order valence-corrected chi connectivity index (χ2v) is 4.55. The summed E-state index contributed by atoms with van der Waals surface area (Å²) in [6.45, 7) is 0. The molecular formula is C16H18FNO2. The molecule has 0 saturated carbocycles. The SMILES string of the molecule is COc1ccc(CC(N)c2ccc(F)cc2)cc1OC. The molecule has 0 aliphatic heterocycles. The fourth-order valence-corrected chi connectivity index (χ4v) is 2.09. The molecule has 1 unspecified atom stereocenters. The molecular weight excluding hydrogens is 257 g/mol. The van der Waals surface area contributed by atoms with Gasteiger partial charge in [-0.2, -0.15) is 0 Å². The van der Waals surface area contributed by atoms with Gasteiger partial charge in [-0.15, -0.1) is 0 Å². The van der Waals surface area contributed by atoms with Gasteiger partial charge in [-0.3, -0.25) is 0 Å². The van der Waals surface area contributed by atoms with E-state index >= 15 is 0 Å². The molecule has 0 aliphatic rings. The van der Waals surface area contributed by atoms with Crippen molar-refractivity contribution in [2.75, 3.05) is 14.2 Å². The molecule has 20 heavy (non-hydrogen) atoms. The highest BCUT2D eigenvalue weighted by molar-refractivity contribution is 5.43. The normalized spacial score (nSPS) is 12.0. The number of nitrogens with two attached hydrogens (primary N) is 1. The van der Waals surface area contributed by atoms with Gasteiger partial charge in [0.2, 0.25) is 0 Å². The van der Waals surface area contributed by atoms with Gasteiger partial charge >= 0.3 is 0 Å². The second-order valence-electron chi connectivity index (χ2n) is 4.55. The highest BCUT2D eigenvalue weighted by Gasteiger charge is 2.10. The van der Waals surface area contributed by atoms with E-state index in [1.165, 1.54) is 12.1 Å². The second kappa shape index (κ2) is 6.39. The Labute approximate surface area is 118 Å². The van der Waals surface area contributed by atoms with Gasteiger partial charge in [-0.1, -0.05) is 18.2 Å². The zero-order valence-corrected chi connectivity index (χ0v) is 11.6. The summed E-state index contributed by atoms with van der Waals surface area (Å²) in [7, 11) is 3.20. The smallest absolute Gasteiger partial charge is 0.160 e. The van der Waals surface area contributed by atoms with Crippen molar-refractivity contribution in [3.8, 4) is 11.5 Å². The van der Waals surface area contributed by atoms with E-state index in [0.29, 0.717) is 17.9 Å². The zero-order chi connectivity index (χ0) is 14.5. The van der Waals surface area contributed by atoms with E-state index in [2.05, 4.69) is 0 Å². The summed E-state index contributed by atoms with van der Waals surface area (Å²) in [5.41, 5.74) is 8.09. The number of hydrogen-bond acceptors (Lipinski definition) is 3. The molecule has 2 aromatic rings. The Balaban J connectivity index is 2.15. The monoisotopic (exact) mass is 275 g/mol. The number of halogens is 1. The predicted octanol–water partition coefficient (Wildman–Crippen LogP) is 3.09. The molecule has 4 heteroatoms. The van der Waals surface area contributed by atoms with E-state index in [1.807, 2.05) is 18.2 Å². The van der Waals surface area contributed by atoms with Gasteiger partial charge in [-0.05, 0) is 41.8 Å².